The van der Waals surface area contributed by atoms with Gasteiger partial charge in [-0.05, 0) is 76.1 Å². The number of amides is 2. The topological polar surface area (TPSA) is 58.2 Å². The predicted molar refractivity (Wildman–Crippen MR) is 97.5 cm³/mol. The summed E-state index contributed by atoms with van der Waals surface area (Å²) < 4.78 is 0. The fourth-order valence-corrected chi connectivity index (χ4v) is 2.46. The highest BCUT2D eigenvalue weighted by Crippen LogP contribution is 2.16. The highest BCUT2D eigenvalue weighted by molar-refractivity contribution is 6.06. The van der Waals surface area contributed by atoms with Crippen LogP contribution in [0.15, 0.2) is 42.5 Å². The van der Waals surface area contributed by atoms with Gasteiger partial charge < -0.3 is 10.6 Å². The fraction of sp³-hybridized carbons (Fsp3) is 0.300. The molecular formula is C20H24N2O2. The summed E-state index contributed by atoms with van der Waals surface area (Å²) in [6.07, 6.45) is 0. The zero-order chi connectivity index (χ0) is 17.9. The van der Waals surface area contributed by atoms with Gasteiger partial charge in [-0.2, -0.15) is 0 Å². The average Bonchev–Trinajstić information content (AvgIpc) is 2.44. The number of carbonyl (C=O) groups is 2. The van der Waals surface area contributed by atoms with E-state index in [0.29, 0.717) is 11.1 Å². The second-order valence-corrected chi connectivity index (χ2v) is 7.12. The first kappa shape index (κ1) is 17.7. The molecule has 0 unspecified atom stereocenters. The number of hydrogen-bond donors (Lipinski definition) is 2. The van der Waals surface area contributed by atoms with Crippen LogP contribution in [0.5, 0.6) is 0 Å². The number of anilines is 1. The van der Waals surface area contributed by atoms with Crippen molar-refractivity contribution >= 4 is 17.5 Å². The maximum Gasteiger partial charge on any atom is 0.255 e. The van der Waals surface area contributed by atoms with E-state index in [2.05, 4.69) is 10.6 Å². The Bertz CT molecular complexity index is 753. The third kappa shape index (κ3) is 4.95. The molecule has 0 heterocycles. The molecule has 126 valence electrons. The lowest BCUT2D eigenvalue weighted by Crippen LogP contribution is -2.40. The van der Waals surface area contributed by atoms with Gasteiger partial charge in [0.05, 0.1) is 0 Å². The highest BCUT2D eigenvalue weighted by Gasteiger charge is 2.16. The fourth-order valence-electron chi connectivity index (χ4n) is 2.46. The third-order valence-corrected chi connectivity index (χ3v) is 3.36. The minimum atomic E-state index is -0.325. The molecule has 2 N–H and O–H groups in total. The molecule has 0 fully saturated rings. The maximum absolute atomic E-state index is 12.5. The minimum Gasteiger partial charge on any atom is -0.347 e. The Morgan fingerprint density at radius 3 is 1.92 bits per heavy atom. The first-order valence-corrected chi connectivity index (χ1v) is 7.96. The molecule has 0 aromatic heterocycles. The largest absolute Gasteiger partial charge is 0.347 e. The molecule has 4 heteroatoms. The smallest absolute Gasteiger partial charge is 0.255 e. The lowest BCUT2D eigenvalue weighted by atomic mass is 10.1. The molecule has 0 saturated heterocycles. The van der Waals surface area contributed by atoms with Crippen molar-refractivity contribution in [1.29, 1.82) is 0 Å². The number of nitrogens with one attached hydrogen (secondary N) is 2. The molecule has 24 heavy (non-hydrogen) atoms. The van der Waals surface area contributed by atoms with Crippen LogP contribution in [0.4, 0.5) is 5.69 Å². The molecule has 0 bridgehead atoms. The van der Waals surface area contributed by atoms with Crippen molar-refractivity contribution in [3.8, 4) is 0 Å². The third-order valence-electron chi connectivity index (χ3n) is 3.36. The van der Waals surface area contributed by atoms with Crippen LogP contribution in [0.25, 0.3) is 0 Å². The van der Waals surface area contributed by atoms with Gasteiger partial charge in [0.15, 0.2) is 0 Å². The molecule has 0 radical (unpaired) electrons. The lowest BCUT2D eigenvalue weighted by molar-refractivity contribution is 0.0919. The van der Waals surface area contributed by atoms with Gasteiger partial charge in [0.1, 0.15) is 0 Å². The SMILES string of the molecule is Cc1cc(C)cc(NC(=O)c2cccc(C(=O)NC(C)(C)C)c2)c1. The second-order valence-electron chi connectivity index (χ2n) is 7.12. The molecule has 2 aromatic carbocycles. The van der Waals surface area contributed by atoms with Crippen molar-refractivity contribution in [2.24, 2.45) is 0 Å². The van der Waals surface area contributed by atoms with Crippen LogP contribution in [-0.4, -0.2) is 17.4 Å². The van der Waals surface area contributed by atoms with E-state index in [0.717, 1.165) is 16.8 Å². The normalized spacial score (nSPS) is 11.0. The zero-order valence-electron chi connectivity index (χ0n) is 14.9. The summed E-state index contributed by atoms with van der Waals surface area (Å²) >= 11 is 0. The van der Waals surface area contributed by atoms with E-state index in [-0.39, 0.29) is 17.4 Å². The van der Waals surface area contributed by atoms with Gasteiger partial charge in [-0.15, -0.1) is 0 Å². The highest BCUT2D eigenvalue weighted by atomic mass is 16.2. The van der Waals surface area contributed by atoms with Crippen molar-refractivity contribution in [2.45, 2.75) is 40.2 Å². The van der Waals surface area contributed by atoms with E-state index in [9.17, 15) is 9.59 Å². The van der Waals surface area contributed by atoms with Gasteiger partial charge in [-0.25, -0.2) is 0 Å². The van der Waals surface area contributed by atoms with E-state index in [1.165, 1.54) is 0 Å². The van der Waals surface area contributed by atoms with E-state index in [4.69, 9.17) is 0 Å². The van der Waals surface area contributed by atoms with E-state index < -0.39 is 0 Å². The molecular weight excluding hydrogens is 300 g/mol. The van der Waals surface area contributed by atoms with Crippen LogP contribution < -0.4 is 10.6 Å². The van der Waals surface area contributed by atoms with Gasteiger partial charge in [-0.3, -0.25) is 9.59 Å². The summed E-state index contributed by atoms with van der Waals surface area (Å²) in [6, 6.07) is 12.6. The monoisotopic (exact) mass is 324 g/mol. The first-order valence-electron chi connectivity index (χ1n) is 7.96. The molecule has 0 spiro atoms. The number of hydrogen-bond acceptors (Lipinski definition) is 2. The first-order chi connectivity index (χ1) is 11.1. The predicted octanol–water partition coefficient (Wildman–Crippen LogP) is 4.08. The Morgan fingerprint density at radius 1 is 0.833 bits per heavy atom. The standard InChI is InChI=1S/C20H24N2O2/c1-13-9-14(2)11-17(10-13)21-18(23)15-7-6-8-16(12-15)19(24)22-20(3,4)5/h6-12H,1-5H3,(H,21,23)(H,22,24). The van der Waals surface area contributed by atoms with E-state index >= 15 is 0 Å². The maximum atomic E-state index is 12.5. The molecule has 0 aliphatic rings. The van der Waals surface area contributed by atoms with Crippen molar-refractivity contribution in [2.75, 3.05) is 5.32 Å². The van der Waals surface area contributed by atoms with E-state index in [1.807, 2.05) is 52.8 Å². The number of carbonyl (C=O) groups excluding carboxylic acids is 2. The Kier molecular flexibility index (Phi) is 5.07. The Morgan fingerprint density at radius 2 is 1.38 bits per heavy atom. The summed E-state index contributed by atoms with van der Waals surface area (Å²) in [6.45, 7) is 9.73. The molecule has 2 amide bonds. The van der Waals surface area contributed by atoms with Gasteiger partial charge in [0.2, 0.25) is 0 Å². The van der Waals surface area contributed by atoms with Crippen LogP contribution >= 0.6 is 0 Å². The number of aryl methyl sites for hydroxylation is 2. The van der Waals surface area contributed by atoms with Gasteiger partial charge >= 0.3 is 0 Å². The second kappa shape index (κ2) is 6.87. The van der Waals surface area contributed by atoms with Crippen LogP contribution in [-0.2, 0) is 0 Å². The Hall–Kier alpha value is -2.62. The van der Waals surface area contributed by atoms with Gasteiger partial charge in [0, 0.05) is 22.4 Å². The number of benzene rings is 2. The number of rotatable bonds is 3. The van der Waals surface area contributed by atoms with Gasteiger partial charge in [0.25, 0.3) is 11.8 Å². The van der Waals surface area contributed by atoms with Crippen molar-refractivity contribution in [3.63, 3.8) is 0 Å². The summed E-state index contributed by atoms with van der Waals surface area (Å²) in [5.41, 5.74) is 3.53. The summed E-state index contributed by atoms with van der Waals surface area (Å²) in [7, 11) is 0. The quantitative estimate of drug-likeness (QED) is 0.893. The molecule has 0 aliphatic carbocycles. The van der Waals surface area contributed by atoms with Crippen molar-refractivity contribution in [1.82, 2.24) is 5.32 Å². The minimum absolute atomic E-state index is 0.191. The molecule has 2 aromatic rings. The average molecular weight is 324 g/mol. The molecule has 4 nitrogen and oxygen atoms in total. The lowest BCUT2D eigenvalue weighted by Gasteiger charge is -2.20. The zero-order valence-corrected chi connectivity index (χ0v) is 14.9. The molecule has 0 aliphatic heterocycles. The molecule has 0 atom stereocenters. The van der Waals surface area contributed by atoms with Gasteiger partial charge in [-0.1, -0.05) is 12.1 Å². The van der Waals surface area contributed by atoms with Crippen LogP contribution in [0.1, 0.15) is 52.6 Å². The van der Waals surface area contributed by atoms with Crippen LogP contribution in [0, 0.1) is 13.8 Å². The van der Waals surface area contributed by atoms with Crippen LogP contribution in [0.2, 0.25) is 0 Å². The summed E-state index contributed by atoms with van der Waals surface area (Å²) in [4.78, 5) is 24.7. The van der Waals surface area contributed by atoms with Crippen LogP contribution in [0.3, 0.4) is 0 Å². The van der Waals surface area contributed by atoms with Crippen molar-refractivity contribution in [3.05, 3.63) is 64.7 Å². The molecule has 2 rings (SSSR count). The van der Waals surface area contributed by atoms with E-state index in [1.54, 1.807) is 24.3 Å². The Balaban J connectivity index is 2.18. The molecule has 0 saturated carbocycles. The van der Waals surface area contributed by atoms with Crippen molar-refractivity contribution < 1.29 is 9.59 Å². The Labute approximate surface area is 143 Å². The summed E-state index contributed by atoms with van der Waals surface area (Å²) in [5, 5.41) is 5.78. The summed E-state index contributed by atoms with van der Waals surface area (Å²) in [5.74, 6) is -0.422.